The van der Waals surface area contributed by atoms with Crippen molar-refractivity contribution in [1.29, 1.82) is 0 Å². The normalized spacial score (nSPS) is 9.73. The van der Waals surface area contributed by atoms with Crippen LogP contribution in [-0.4, -0.2) is 6.10 Å². The standard InChI is InChI=1S/C9H12BrFN2O.ClH/c1-5(2)14-9-4-8(13-12)7(11)3-6(9)10;/h3-5,13H,12H2,1-2H3;1H. The van der Waals surface area contributed by atoms with E-state index in [1.54, 1.807) is 0 Å². The van der Waals surface area contributed by atoms with E-state index in [0.29, 0.717) is 10.2 Å². The molecule has 1 aromatic rings. The van der Waals surface area contributed by atoms with Gasteiger partial charge < -0.3 is 10.2 Å². The highest BCUT2D eigenvalue weighted by atomic mass is 79.9. The Bertz CT molecular complexity index is 336. The van der Waals surface area contributed by atoms with Gasteiger partial charge in [-0.15, -0.1) is 12.4 Å². The zero-order valence-electron chi connectivity index (χ0n) is 8.38. The van der Waals surface area contributed by atoms with Crippen molar-refractivity contribution in [3.8, 4) is 5.75 Å². The lowest BCUT2D eigenvalue weighted by atomic mass is 10.3. The van der Waals surface area contributed by atoms with Gasteiger partial charge in [-0.25, -0.2) is 4.39 Å². The van der Waals surface area contributed by atoms with E-state index in [0.717, 1.165) is 0 Å². The molecule has 0 saturated carbocycles. The van der Waals surface area contributed by atoms with E-state index in [1.807, 2.05) is 13.8 Å². The molecule has 1 rings (SSSR count). The highest BCUT2D eigenvalue weighted by molar-refractivity contribution is 9.10. The molecule has 0 aliphatic carbocycles. The van der Waals surface area contributed by atoms with Gasteiger partial charge in [0.1, 0.15) is 11.6 Å². The molecule has 0 radical (unpaired) electrons. The number of hydrogen-bond acceptors (Lipinski definition) is 3. The molecular weight excluding hydrogens is 286 g/mol. The first-order valence-electron chi connectivity index (χ1n) is 4.17. The molecule has 1 aromatic carbocycles. The van der Waals surface area contributed by atoms with E-state index in [4.69, 9.17) is 10.6 Å². The van der Waals surface area contributed by atoms with Crippen LogP contribution in [0.2, 0.25) is 0 Å². The first-order chi connectivity index (χ1) is 6.54. The third-order valence-corrected chi connectivity index (χ3v) is 2.16. The second-order valence-electron chi connectivity index (χ2n) is 3.07. The number of hydrazine groups is 1. The van der Waals surface area contributed by atoms with Crippen molar-refractivity contribution < 1.29 is 9.13 Å². The summed E-state index contributed by atoms with van der Waals surface area (Å²) >= 11 is 3.21. The molecule has 6 heteroatoms. The Morgan fingerprint density at radius 1 is 1.47 bits per heavy atom. The smallest absolute Gasteiger partial charge is 0.149 e. The van der Waals surface area contributed by atoms with Gasteiger partial charge >= 0.3 is 0 Å². The second-order valence-corrected chi connectivity index (χ2v) is 3.93. The van der Waals surface area contributed by atoms with Crippen LogP contribution in [0.4, 0.5) is 10.1 Å². The molecule has 0 unspecified atom stereocenters. The van der Waals surface area contributed by atoms with E-state index >= 15 is 0 Å². The molecule has 0 fully saturated rings. The van der Waals surface area contributed by atoms with Crippen LogP contribution < -0.4 is 16.0 Å². The number of hydrogen-bond donors (Lipinski definition) is 2. The van der Waals surface area contributed by atoms with Gasteiger partial charge in [0.2, 0.25) is 0 Å². The van der Waals surface area contributed by atoms with Gasteiger partial charge in [-0.05, 0) is 35.8 Å². The minimum Gasteiger partial charge on any atom is -0.490 e. The van der Waals surface area contributed by atoms with Crippen molar-refractivity contribution in [3.63, 3.8) is 0 Å². The number of nitrogen functional groups attached to an aromatic ring is 1. The van der Waals surface area contributed by atoms with Crippen LogP contribution >= 0.6 is 28.3 Å². The number of nitrogens with one attached hydrogen (secondary N) is 1. The van der Waals surface area contributed by atoms with Crippen LogP contribution in [-0.2, 0) is 0 Å². The van der Waals surface area contributed by atoms with Gasteiger partial charge in [0.25, 0.3) is 0 Å². The first kappa shape index (κ1) is 14.5. The van der Waals surface area contributed by atoms with Gasteiger partial charge in [0, 0.05) is 6.07 Å². The number of halogens is 3. The highest BCUT2D eigenvalue weighted by Crippen LogP contribution is 2.31. The van der Waals surface area contributed by atoms with Crippen LogP contribution in [0, 0.1) is 5.82 Å². The lowest BCUT2D eigenvalue weighted by Crippen LogP contribution is -2.10. The van der Waals surface area contributed by atoms with Crippen molar-refractivity contribution >= 4 is 34.0 Å². The number of rotatable bonds is 3. The minimum atomic E-state index is -0.421. The summed E-state index contributed by atoms with van der Waals surface area (Å²) in [5.74, 6) is 5.28. The van der Waals surface area contributed by atoms with Crippen LogP contribution in [0.15, 0.2) is 16.6 Å². The van der Waals surface area contributed by atoms with E-state index in [1.165, 1.54) is 12.1 Å². The Morgan fingerprint density at radius 2 is 2.07 bits per heavy atom. The van der Waals surface area contributed by atoms with Gasteiger partial charge in [0.05, 0.1) is 16.3 Å². The number of nitrogens with two attached hydrogens (primary N) is 1. The molecule has 0 aliphatic heterocycles. The summed E-state index contributed by atoms with van der Waals surface area (Å²) < 4.78 is 19.1. The molecule has 0 aliphatic rings. The molecule has 3 N–H and O–H groups in total. The zero-order valence-corrected chi connectivity index (χ0v) is 10.8. The van der Waals surface area contributed by atoms with Crippen molar-refractivity contribution in [2.45, 2.75) is 20.0 Å². The molecule has 0 saturated heterocycles. The van der Waals surface area contributed by atoms with E-state index in [9.17, 15) is 4.39 Å². The molecule has 0 heterocycles. The van der Waals surface area contributed by atoms with Crippen LogP contribution in [0.5, 0.6) is 5.75 Å². The van der Waals surface area contributed by atoms with E-state index < -0.39 is 5.82 Å². The number of anilines is 1. The fraction of sp³-hybridized carbons (Fsp3) is 0.333. The topological polar surface area (TPSA) is 47.3 Å². The third kappa shape index (κ3) is 3.85. The Morgan fingerprint density at radius 3 is 2.53 bits per heavy atom. The van der Waals surface area contributed by atoms with Gasteiger partial charge in [0.15, 0.2) is 0 Å². The number of benzene rings is 1. The maximum Gasteiger partial charge on any atom is 0.149 e. The maximum absolute atomic E-state index is 13.1. The molecule has 3 nitrogen and oxygen atoms in total. The van der Waals surface area contributed by atoms with Crippen molar-refractivity contribution in [2.75, 3.05) is 5.43 Å². The largest absolute Gasteiger partial charge is 0.490 e. The molecule has 0 aromatic heterocycles. The van der Waals surface area contributed by atoms with Crippen LogP contribution in [0.1, 0.15) is 13.8 Å². The molecule has 0 amide bonds. The lowest BCUT2D eigenvalue weighted by Gasteiger charge is -2.13. The molecule has 86 valence electrons. The summed E-state index contributed by atoms with van der Waals surface area (Å²) in [6, 6.07) is 2.83. The first-order valence-corrected chi connectivity index (χ1v) is 4.96. The molecule has 0 bridgehead atoms. The monoisotopic (exact) mass is 298 g/mol. The summed E-state index contributed by atoms with van der Waals surface area (Å²) in [6.45, 7) is 3.79. The zero-order chi connectivity index (χ0) is 10.7. The SMILES string of the molecule is CC(C)Oc1cc(NN)c(F)cc1Br.Cl. The molecule has 0 spiro atoms. The van der Waals surface area contributed by atoms with Crippen molar-refractivity contribution in [3.05, 3.63) is 22.4 Å². The summed E-state index contributed by atoms with van der Waals surface area (Å²) in [5, 5.41) is 0. The predicted molar refractivity (Wildman–Crippen MR) is 64.9 cm³/mol. The van der Waals surface area contributed by atoms with Gasteiger partial charge in [-0.2, -0.15) is 0 Å². The maximum atomic E-state index is 13.1. The van der Waals surface area contributed by atoms with Crippen LogP contribution in [0.25, 0.3) is 0 Å². The Labute approximate surface area is 103 Å². The average Bonchev–Trinajstić information content (AvgIpc) is 2.09. The van der Waals surface area contributed by atoms with E-state index in [2.05, 4.69) is 21.4 Å². The Balaban J connectivity index is 0.00000196. The molecular formula is C9H13BrClFN2O. The summed E-state index contributed by atoms with van der Waals surface area (Å²) in [6.07, 6.45) is 0.0300. The average molecular weight is 300 g/mol. The Kier molecular flexibility index (Phi) is 5.93. The fourth-order valence-corrected chi connectivity index (χ4v) is 1.39. The molecule has 0 atom stereocenters. The number of ether oxygens (including phenoxy) is 1. The third-order valence-electron chi connectivity index (χ3n) is 1.54. The lowest BCUT2D eigenvalue weighted by molar-refractivity contribution is 0.240. The van der Waals surface area contributed by atoms with Gasteiger partial charge in [-0.1, -0.05) is 0 Å². The van der Waals surface area contributed by atoms with Crippen LogP contribution in [0.3, 0.4) is 0 Å². The second kappa shape index (κ2) is 6.15. The predicted octanol–water partition coefficient (Wildman–Crippen LogP) is 3.08. The highest BCUT2D eigenvalue weighted by Gasteiger charge is 2.09. The summed E-state index contributed by atoms with van der Waals surface area (Å²) in [4.78, 5) is 0. The van der Waals surface area contributed by atoms with Crippen molar-refractivity contribution in [1.82, 2.24) is 0 Å². The van der Waals surface area contributed by atoms with E-state index in [-0.39, 0.29) is 24.2 Å². The quantitative estimate of drug-likeness (QED) is 0.666. The Hall–Kier alpha value is -0.520. The fourth-order valence-electron chi connectivity index (χ4n) is 0.984. The molecule has 15 heavy (non-hydrogen) atoms. The van der Waals surface area contributed by atoms with Crippen molar-refractivity contribution in [2.24, 2.45) is 5.84 Å². The summed E-state index contributed by atoms with van der Waals surface area (Å²) in [5.41, 5.74) is 2.47. The summed E-state index contributed by atoms with van der Waals surface area (Å²) in [7, 11) is 0. The minimum absolute atomic E-state index is 0. The van der Waals surface area contributed by atoms with Gasteiger partial charge in [-0.3, -0.25) is 5.84 Å².